The molecule has 0 aliphatic carbocycles. The minimum Gasteiger partial charge on any atom is -0.462 e. The molecule has 0 saturated carbocycles. The maximum Gasteiger partial charge on any atom is 0.311 e. The van der Waals surface area contributed by atoms with Gasteiger partial charge in [-0.25, -0.2) is 0 Å². The summed E-state index contributed by atoms with van der Waals surface area (Å²) in [5, 5.41) is 11.5. The molecule has 2 fully saturated rings. The molecule has 1 N–H and O–H groups in total. The average molecular weight is 931 g/mol. The highest BCUT2D eigenvalue weighted by Gasteiger charge is 2.58. The molecule has 0 aromatic rings. The van der Waals surface area contributed by atoms with Crippen LogP contribution in [0.2, 0.25) is 0 Å². The highest BCUT2D eigenvalue weighted by Crippen LogP contribution is 2.37. The van der Waals surface area contributed by atoms with Crippen LogP contribution in [0.5, 0.6) is 0 Å². The van der Waals surface area contributed by atoms with E-state index in [9.17, 15) is 38.7 Å². The van der Waals surface area contributed by atoms with Crippen molar-refractivity contribution < 1.29 is 86.0 Å². The molecular weight excluding hydrogens is 852 g/mol. The van der Waals surface area contributed by atoms with Crippen LogP contribution in [0.15, 0.2) is 0 Å². The number of ether oxygens (including phenoxy) is 10. The minimum atomic E-state index is -2.00. The summed E-state index contributed by atoms with van der Waals surface area (Å²) in [6, 6.07) is 0. The summed E-state index contributed by atoms with van der Waals surface area (Å²) in [6.07, 6.45) is -16.7. The van der Waals surface area contributed by atoms with Crippen molar-refractivity contribution in [2.45, 2.75) is 207 Å². The largest absolute Gasteiger partial charge is 0.462 e. The molecule has 0 spiro atoms. The van der Waals surface area contributed by atoms with Gasteiger partial charge in [0.15, 0.2) is 49.2 Å². The van der Waals surface area contributed by atoms with Gasteiger partial charge in [-0.3, -0.25) is 33.6 Å². The second kappa shape index (κ2) is 20.6. The Hall–Kier alpha value is -3.87. The Morgan fingerprint density at radius 2 is 0.615 bits per heavy atom. The molecule has 0 bridgehead atoms. The van der Waals surface area contributed by atoms with Crippen LogP contribution in [0, 0.1) is 37.9 Å². The third-order valence-corrected chi connectivity index (χ3v) is 9.75. The average Bonchev–Trinajstić information content (AvgIpc) is 3.10. The lowest BCUT2D eigenvalue weighted by Gasteiger charge is -2.47. The van der Waals surface area contributed by atoms with Crippen LogP contribution in [0.4, 0.5) is 0 Å². The van der Waals surface area contributed by atoms with Gasteiger partial charge in [0.1, 0.15) is 18.8 Å². The number of carbonyl (C=O) groups is 7. The Bertz CT molecular complexity index is 1720. The smallest absolute Gasteiger partial charge is 0.311 e. The molecule has 2 heterocycles. The van der Waals surface area contributed by atoms with Gasteiger partial charge in [0.2, 0.25) is 0 Å². The number of aliphatic hydroxyl groups excluding tert-OH is 1. The quantitative estimate of drug-likeness (QED) is 0.191. The predicted octanol–water partition coefficient (Wildman–Crippen LogP) is 5.78. The zero-order valence-corrected chi connectivity index (χ0v) is 42.6. The first-order valence-electron chi connectivity index (χ1n) is 22.0. The van der Waals surface area contributed by atoms with E-state index >= 15 is 0 Å². The summed E-state index contributed by atoms with van der Waals surface area (Å²) in [6.45, 7) is 32.0. The van der Waals surface area contributed by atoms with Gasteiger partial charge in [-0.2, -0.15) is 0 Å². The second-order valence-electron chi connectivity index (χ2n) is 24.0. The SMILES string of the molecule is CC(C)(C)C(=O)OC[C@H]1O[C@@H](OC[C@H]2OC(O)[C@H](OC(=O)C(C)(C)C)[C@@H](OC(=O)C(C)(C)C)[C@@H]2OC(=O)C(C)(C)C)[C@H](OC(=O)C(C)(C)C)[C@@H](OC(=O)C(C)(C)C)[C@@H]1OC(=O)C(C)(C)C. The fourth-order valence-corrected chi connectivity index (χ4v) is 5.35. The van der Waals surface area contributed by atoms with Gasteiger partial charge in [-0.1, -0.05) is 0 Å². The van der Waals surface area contributed by atoms with Crippen molar-refractivity contribution in [3.05, 3.63) is 0 Å². The van der Waals surface area contributed by atoms with Crippen LogP contribution in [-0.2, 0) is 80.9 Å². The van der Waals surface area contributed by atoms with Crippen molar-refractivity contribution in [2.75, 3.05) is 13.2 Å². The minimum absolute atomic E-state index is 0.572. The molecule has 1 unspecified atom stereocenters. The van der Waals surface area contributed by atoms with Gasteiger partial charge in [-0.15, -0.1) is 0 Å². The standard InChI is InChI=1S/C47H78O18/c1-41(2,3)34(49)57-23-25-27(61-36(51)43(7,8)9)29(63-38(53)45(13,14)15)31(65-40(55)47(19,20)21)33(59-25)56-22-24-26(60-35(50)42(4,5)6)28(62-37(52)44(10,11)12)30(32(48)58-24)64-39(54)46(16,17)18/h24-33,48H,22-23H2,1-21H3/t24-,25-,26-,27-,28+,29+,30-,31-,32?,33-/m1/s1. The molecule has 2 aliphatic heterocycles. The Balaban J connectivity index is 2.91. The highest BCUT2D eigenvalue weighted by atomic mass is 16.8. The van der Waals surface area contributed by atoms with Gasteiger partial charge in [-0.05, 0) is 145 Å². The van der Waals surface area contributed by atoms with E-state index in [-0.39, 0.29) is 0 Å². The van der Waals surface area contributed by atoms with E-state index in [0.29, 0.717) is 0 Å². The van der Waals surface area contributed by atoms with Gasteiger partial charge in [0.25, 0.3) is 0 Å². The van der Waals surface area contributed by atoms with Crippen molar-refractivity contribution in [2.24, 2.45) is 37.9 Å². The van der Waals surface area contributed by atoms with Crippen LogP contribution in [0.25, 0.3) is 0 Å². The lowest BCUT2D eigenvalue weighted by Crippen LogP contribution is -2.66. The van der Waals surface area contributed by atoms with Crippen LogP contribution < -0.4 is 0 Å². The van der Waals surface area contributed by atoms with E-state index < -0.39 is 154 Å². The monoisotopic (exact) mass is 931 g/mol. The molecule has 18 nitrogen and oxygen atoms in total. The first-order valence-corrected chi connectivity index (χ1v) is 22.0. The first-order chi connectivity index (χ1) is 29.0. The Labute approximate surface area is 385 Å². The van der Waals surface area contributed by atoms with Crippen molar-refractivity contribution in [3.63, 3.8) is 0 Å². The maximum atomic E-state index is 13.8. The van der Waals surface area contributed by atoms with Crippen molar-refractivity contribution in [1.29, 1.82) is 0 Å². The third-order valence-electron chi connectivity index (χ3n) is 9.75. The van der Waals surface area contributed by atoms with Crippen molar-refractivity contribution >= 4 is 41.8 Å². The Kier molecular flexibility index (Phi) is 18.1. The van der Waals surface area contributed by atoms with E-state index in [0.717, 1.165) is 0 Å². The molecule has 10 atom stereocenters. The molecule has 374 valence electrons. The third kappa shape index (κ3) is 16.2. The molecule has 0 amide bonds. The second-order valence-corrected chi connectivity index (χ2v) is 24.0. The molecule has 2 saturated heterocycles. The lowest BCUT2D eigenvalue weighted by atomic mass is 9.92. The van der Waals surface area contributed by atoms with E-state index in [2.05, 4.69) is 0 Å². The number of hydrogen-bond acceptors (Lipinski definition) is 18. The molecule has 0 aromatic carbocycles. The van der Waals surface area contributed by atoms with Gasteiger partial charge in [0, 0.05) is 0 Å². The molecule has 0 aromatic heterocycles. The van der Waals surface area contributed by atoms with E-state index in [1.54, 1.807) is 145 Å². The first kappa shape index (κ1) is 57.3. The topological polar surface area (TPSA) is 232 Å². The fraction of sp³-hybridized carbons (Fsp3) is 0.851. The van der Waals surface area contributed by atoms with Gasteiger partial charge >= 0.3 is 41.8 Å². The zero-order chi connectivity index (χ0) is 50.8. The van der Waals surface area contributed by atoms with Crippen LogP contribution in [0.1, 0.15) is 145 Å². The highest BCUT2D eigenvalue weighted by molar-refractivity contribution is 5.79. The maximum absolute atomic E-state index is 13.8. The molecular formula is C47H78O18. The van der Waals surface area contributed by atoms with Crippen LogP contribution >= 0.6 is 0 Å². The number of rotatable bonds is 11. The van der Waals surface area contributed by atoms with E-state index in [4.69, 9.17) is 47.4 Å². The van der Waals surface area contributed by atoms with Gasteiger partial charge < -0.3 is 52.5 Å². The summed E-state index contributed by atoms with van der Waals surface area (Å²) in [7, 11) is 0. The summed E-state index contributed by atoms with van der Waals surface area (Å²) in [5.74, 6) is -5.43. The molecule has 2 aliphatic rings. The number of aliphatic hydroxyl groups is 1. The van der Waals surface area contributed by atoms with Gasteiger partial charge in [0.05, 0.1) is 44.5 Å². The summed E-state index contributed by atoms with van der Waals surface area (Å²) < 4.78 is 60.3. The normalized spacial score (nSPS) is 27.1. The van der Waals surface area contributed by atoms with Crippen LogP contribution in [-0.4, -0.2) is 122 Å². The molecule has 18 heteroatoms. The lowest BCUT2D eigenvalue weighted by molar-refractivity contribution is -0.333. The van der Waals surface area contributed by atoms with Crippen LogP contribution in [0.3, 0.4) is 0 Å². The van der Waals surface area contributed by atoms with Crippen molar-refractivity contribution in [1.82, 2.24) is 0 Å². The summed E-state index contributed by atoms with van der Waals surface area (Å²) in [5.41, 5.74) is -7.79. The zero-order valence-electron chi connectivity index (χ0n) is 42.6. The Morgan fingerprint density at radius 3 is 0.938 bits per heavy atom. The number of hydrogen-bond donors (Lipinski definition) is 1. The fourth-order valence-electron chi connectivity index (χ4n) is 5.35. The predicted molar refractivity (Wildman–Crippen MR) is 232 cm³/mol. The summed E-state index contributed by atoms with van der Waals surface area (Å²) in [4.78, 5) is 94.9. The van der Waals surface area contributed by atoms with Crippen molar-refractivity contribution in [3.8, 4) is 0 Å². The van der Waals surface area contributed by atoms with E-state index in [1.807, 2.05) is 0 Å². The molecule has 65 heavy (non-hydrogen) atoms. The molecule has 2 rings (SSSR count). The Morgan fingerprint density at radius 1 is 0.354 bits per heavy atom. The molecule has 0 radical (unpaired) electrons. The summed E-state index contributed by atoms with van der Waals surface area (Å²) >= 11 is 0. The number of carbonyl (C=O) groups excluding carboxylic acids is 7. The van der Waals surface area contributed by atoms with E-state index in [1.165, 1.54) is 0 Å². The number of esters is 7.